The van der Waals surface area contributed by atoms with E-state index in [4.69, 9.17) is 11.6 Å². The fourth-order valence-corrected chi connectivity index (χ4v) is 3.63. The molecule has 0 saturated carbocycles. The molecular weight excluding hydrogens is 406 g/mol. The summed E-state index contributed by atoms with van der Waals surface area (Å²) in [4.78, 5) is 17.6. The summed E-state index contributed by atoms with van der Waals surface area (Å²) in [6.07, 6.45) is 5.52. The van der Waals surface area contributed by atoms with Crippen LogP contribution in [-0.4, -0.2) is 15.5 Å². The normalized spacial score (nSPS) is 11.4. The van der Waals surface area contributed by atoms with Crippen molar-refractivity contribution in [2.24, 2.45) is 0 Å². The monoisotopic (exact) mass is 427 g/mol. The zero-order valence-corrected chi connectivity index (χ0v) is 17.9. The standard InChI is InChI=1S/C26H22ClN3O/c1-19-28-15-16-30(19)25-14-8-6-12-22(25)18-29-26(31)23(20-9-3-2-4-10-20)17-21-11-5-7-13-24(21)27/h2-17H,18H2,1H3,(H,29,31)/b23-17+. The van der Waals surface area contributed by atoms with E-state index in [0.29, 0.717) is 17.1 Å². The number of rotatable bonds is 6. The Morgan fingerprint density at radius 3 is 2.45 bits per heavy atom. The summed E-state index contributed by atoms with van der Waals surface area (Å²) < 4.78 is 2.01. The summed E-state index contributed by atoms with van der Waals surface area (Å²) in [7, 11) is 0. The molecule has 1 amide bonds. The van der Waals surface area contributed by atoms with Crippen LogP contribution < -0.4 is 5.32 Å². The highest BCUT2D eigenvalue weighted by molar-refractivity contribution is 6.33. The van der Waals surface area contributed by atoms with Gasteiger partial charge in [-0.25, -0.2) is 4.98 Å². The van der Waals surface area contributed by atoms with Gasteiger partial charge in [-0.05, 0) is 41.8 Å². The molecule has 0 fully saturated rings. The van der Waals surface area contributed by atoms with E-state index in [2.05, 4.69) is 10.3 Å². The maximum atomic E-state index is 13.3. The summed E-state index contributed by atoms with van der Waals surface area (Å²) in [5.74, 6) is 0.727. The molecule has 0 radical (unpaired) electrons. The third-order valence-corrected chi connectivity index (χ3v) is 5.39. The number of benzene rings is 3. The van der Waals surface area contributed by atoms with Gasteiger partial charge in [0.25, 0.3) is 5.91 Å². The van der Waals surface area contributed by atoms with Crippen LogP contribution in [0.1, 0.15) is 22.5 Å². The topological polar surface area (TPSA) is 46.9 Å². The van der Waals surface area contributed by atoms with Crippen LogP contribution in [0.15, 0.2) is 91.3 Å². The lowest BCUT2D eigenvalue weighted by Crippen LogP contribution is -2.24. The van der Waals surface area contributed by atoms with E-state index in [0.717, 1.165) is 28.2 Å². The van der Waals surface area contributed by atoms with E-state index < -0.39 is 0 Å². The molecule has 0 atom stereocenters. The Morgan fingerprint density at radius 1 is 1.00 bits per heavy atom. The van der Waals surface area contributed by atoms with Crippen LogP contribution >= 0.6 is 11.6 Å². The summed E-state index contributed by atoms with van der Waals surface area (Å²) in [5, 5.41) is 3.68. The number of aromatic nitrogens is 2. The molecule has 5 heteroatoms. The first-order valence-corrected chi connectivity index (χ1v) is 10.4. The van der Waals surface area contributed by atoms with Crippen molar-refractivity contribution in [1.29, 1.82) is 0 Å². The molecule has 0 unspecified atom stereocenters. The second-order valence-electron chi connectivity index (χ2n) is 7.10. The summed E-state index contributed by atoms with van der Waals surface area (Å²) in [6, 6.07) is 25.1. The molecule has 1 heterocycles. The number of para-hydroxylation sites is 1. The molecule has 4 nitrogen and oxygen atoms in total. The Balaban J connectivity index is 1.63. The number of nitrogens with one attached hydrogen (secondary N) is 1. The number of aryl methyl sites for hydroxylation is 1. The number of carbonyl (C=O) groups excluding carboxylic acids is 1. The van der Waals surface area contributed by atoms with Crippen molar-refractivity contribution >= 4 is 29.2 Å². The first kappa shape index (κ1) is 20.6. The number of carbonyl (C=O) groups is 1. The van der Waals surface area contributed by atoms with Gasteiger partial charge in [0.1, 0.15) is 5.82 Å². The number of nitrogens with zero attached hydrogens (tertiary/aromatic N) is 2. The van der Waals surface area contributed by atoms with Crippen molar-refractivity contribution in [3.8, 4) is 5.69 Å². The first-order chi connectivity index (χ1) is 15.1. The SMILES string of the molecule is Cc1nccn1-c1ccccc1CNC(=O)/C(=C/c1ccccc1Cl)c1ccccc1. The fraction of sp³-hybridized carbons (Fsp3) is 0.0769. The van der Waals surface area contributed by atoms with Crippen LogP contribution in [0.5, 0.6) is 0 Å². The predicted octanol–water partition coefficient (Wildman–Crippen LogP) is 5.69. The van der Waals surface area contributed by atoms with Crippen molar-refractivity contribution in [2.45, 2.75) is 13.5 Å². The number of hydrogen-bond donors (Lipinski definition) is 1. The number of amides is 1. The van der Waals surface area contributed by atoms with Gasteiger partial charge in [-0.15, -0.1) is 0 Å². The minimum absolute atomic E-state index is 0.164. The Morgan fingerprint density at radius 2 is 1.71 bits per heavy atom. The second-order valence-corrected chi connectivity index (χ2v) is 7.51. The molecular formula is C26H22ClN3O. The Bertz CT molecular complexity index is 1230. The molecule has 0 saturated heterocycles. The van der Waals surface area contributed by atoms with E-state index in [1.807, 2.05) is 103 Å². The number of hydrogen-bond acceptors (Lipinski definition) is 2. The van der Waals surface area contributed by atoms with Crippen LogP contribution in [0.3, 0.4) is 0 Å². The van der Waals surface area contributed by atoms with Gasteiger partial charge < -0.3 is 9.88 Å². The van der Waals surface area contributed by atoms with E-state index in [9.17, 15) is 4.79 Å². The van der Waals surface area contributed by atoms with E-state index in [-0.39, 0.29) is 5.91 Å². The third-order valence-electron chi connectivity index (χ3n) is 5.05. The Hall–Kier alpha value is -3.63. The highest BCUT2D eigenvalue weighted by Gasteiger charge is 2.14. The first-order valence-electron chi connectivity index (χ1n) is 10.0. The van der Waals surface area contributed by atoms with Crippen LogP contribution in [0.4, 0.5) is 0 Å². The van der Waals surface area contributed by atoms with Crippen molar-refractivity contribution < 1.29 is 4.79 Å². The van der Waals surface area contributed by atoms with Gasteiger partial charge in [-0.1, -0.05) is 78.3 Å². The van der Waals surface area contributed by atoms with Crippen LogP contribution in [0.2, 0.25) is 5.02 Å². The van der Waals surface area contributed by atoms with Gasteiger partial charge in [-0.3, -0.25) is 4.79 Å². The highest BCUT2D eigenvalue weighted by atomic mass is 35.5. The van der Waals surface area contributed by atoms with Crippen molar-refractivity contribution in [3.63, 3.8) is 0 Å². The van der Waals surface area contributed by atoms with Crippen LogP contribution in [0, 0.1) is 6.92 Å². The smallest absolute Gasteiger partial charge is 0.252 e. The lowest BCUT2D eigenvalue weighted by Gasteiger charge is -2.14. The zero-order valence-electron chi connectivity index (χ0n) is 17.1. The van der Waals surface area contributed by atoms with Gasteiger partial charge in [0, 0.05) is 29.5 Å². The molecule has 0 aliphatic carbocycles. The van der Waals surface area contributed by atoms with E-state index in [1.165, 1.54) is 0 Å². The Labute approximate surface area is 186 Å². The summed E-state index contributed by atoms with van der Waals surface area (Å²) in [5.41, 5.74) is 4.19. The molecule has 0 spiro atoms. The zero-order chi connectivity index (χ0) is 21.6. The third kappa shape index (κ3) is 4.76. The molecule has 0 bridgehead atoms. The van der Waals surface area contributed by atoms with Gasteiger partial charge in [0.2, 0.25) is 0 Å². The number of halogens is 1. The lowest BCUT2D eigenvalue weighted by atomic mass is 10.0. The molecule has 1 aromatic heterocycles. The summed E-state index contributed by atoms with van der Waals surface area (Å²) >= 11 is 6.34. The van der Waals surface area contributed by atoms with Gasteiger partial charge in [0.15, 0.2) is 0 Å². The lowest BCUT2D eigenvalue weighted by molar-refractivity contribution is -0.115. The van der Waals surface area contributed by atoms with Crippen LogP contribution in [-0.2, 0) is 11.3 Å². The molecule has 4 rings (SSSR count). The predicted molar refractivity (Wildman–Crippen MR) is 126 cm³/mol. The quantitative estimate of drug-likeness (QED) is 0.317. The van der Waals surface area contributed by atoms with Crippen molar-refractivity contribution in [1.82, 2.24) is 14.9 Å². The molecule has 4 aromatic rings. The average molecular weight is 428 g/mol. The van der Waals surface area contributed by atoms with Gasteiger partial charge in [0.05, 0.1) is 5.69 Å². The maximum Gasteiger partial charge on any atom is 0.252 e. The van der Waals surface area contributed by atoms with E-state index in [1.54, 1.807) is 6.20 Å². The molecule has 0 aliphatic heterocycles. The van der Waals surface area contributed by atoms with E-state index >= 15 is 0 Å². The van der Waals surface area contributed by atoms with Gasteiger partial charge >= 0.3 is 0 Å². The molecule has 3 aromatic carbocycles. The largest absolute Gasteiger partial charge is 0.348 e. The molecule has 154 valence electrons. The highest BCUT2D eigenvalue weighted by Crippen LogP contribution is 2.24. The molecule has 1 N–H and O–H groups in total. The van der Waals surface area contributed by atoms with Crippen molar-refractivity contribution in [2.75, 3.05) is 0 Å². The Kier molecular flexibility index (Phi) is 6.29. The van der Waals surface area contributed by atoms with Crippen LogP contribution in [0.25, 0.3) is 17.3 Å². The molecule has 31 heavy (non-hydrogen) atoms. The minimum atomic E-state index is -0.164. The second kappa shape index (κ2) is 9.45. The average Bonchev–Trinajstić information content (AvgIpc) is 3.23. The molecule has 0 aliphatic rings. The number of imidazole rings is 1. The summed E-state index contributed by atoms with van der Waals surface area (Å²) in [6.45, 7) is 2.34. The maximum absolute atomic E-state index is 13.3. The van der Waals surface area contributed by atoms with Gasteiger partial charge in [-0.2, -0.15) is 0 Å². The minimum Gasteiger partial charge on any atom is -0.348 e. The fourth-order valence-electron chi connectivity index (χ4n) is 3.44. The van der Waals surface area contributed by atoms with Crippen molar-refractivity contribution in [3.05, 3.63) is 119 Å².